The molecule has 1 heterocycles. The van der Waals surface area contributed by atoms with E-state index in [0.29, 0.717) is 0 Å². The lowest BCUT2D eigenvalue weighted by Crippen LogP contribution is -2.02. The van der Waals surface area contributed by atoms with Gasteiger partial charge in [0.1, 0.15) is 5.76 Å². The number of hydrogen-bond acceptors (Lipinski definition) is 5. The van der Waals surface area contributed by atoms with Crippen molar-refractivity contribution in [2.75, 3.05) is 6.61 Å². The Morgan fingerprint density at radius 3 is 2.92 bits per heavy atom. The van der Waals surface area contributed by atoms with Crippen LogP contribution in [0.2, 0.25) is 0 Å². The molecule has 0 saturated heterocycles. The number of aliphatic hydroxyl groups excluding tert-OH is 1. The molecule has 70 valence electrons. The summed E-state index contributed by atoms with van der Waals surface area (Å²) in [5, 5.41) is 8.80. The molecule has 13 heavy (non-hydrogen) atoms. The van der Waals surface area contributed by atoms with Gasteiger partial charge in [0, 0.05) is 6.08 Å². The largest absolute Gasteiger partial charge is 0.502 e. The molecule has 0 unspecified atom stereocenters. The van der Waals surface area contributed by atoms with E-state index < -0.39 is 17.7 Å². The minimum atomic E-state index is -0.865. The molecule has 1 rings (SSSR count). The molecule has 0 aromatic rings. The van der Waals surface area contributed by atoms with E-state index in [1.54, 1.807) is 6.92 Å². The van der Waals surface area contributed by atoms with E-state index in [2.05, 4.69) is 9.47 Å². The van der Waals surface area contributed by atoms with Gasteiger partial charge in [0.15, 0.2) is 0 Å². The summed E-state index contributed by atoms with van der Waals surface area (Å²) in [4.78, 5) is 21.4. The average molecular weight is 184 g/mol. The third kappa shape index (κ3) is 2.33. The van der Waals surface area contributed by atoms with Crippen molar-refractivity contribution in [1.82, 2.24) is 0 Å². The molecule has 0 spiro atoms. The number of cyclic esters (lactones) is 1. The second kappa shape index (κ2) is 3.75. The maximum absolute atomic E-state index is 10.8. The maximum atomic E-state index is 10.8. The van der Waals surface area contributed by atoms with Crippen LogP contribution in [-0.4, -0.2) is 23.7 Å². The summed E-state index contributed by atoms with van der Waals surface area (Å²) >= 11 is 0. The van der Waals surface area contributed by atoms with Gasteiger partial charge in [-0.05, 0) is 6.92 Å². The van der Waals surface area contributed by atoms with Gasteiger partial charge in [-0.1, -0.05) is 0 Å². The Hall–Kier alpha value is -1.78. The topological polar surface area (TPSA) is 72.8 Å². The number of carbonyl (C=O) groups is 2. The predicted molar refractivity (Wildman–Crippen MR) is 41.5 cm³/mol. The molecule has 0 bridgehead atoms. The summed E-state index contributed by atoms with van der Waals surface area (Å²) in [7, 11) is 0. The van der Waals surface area contributed by atoms with Crippen LogP contribution in [0.15, 0.2) is 23.7 Å². The van der Waals surface area contributed by atoms with Crippen LogP contribution >= 0.6 is 0 Å². The Morgan fingerprint density at radius 1 is 1.77 bits per heavy atom. The van der Waals surface area contributed by atoms with E-state index >= 15 is 0 Å². The van der Waals surface area contributed by atoms with Crippen LogP contribution in [0.1, 0.15) is 6.92 Å². The first-order valence-electron chi connectivity index (χ1n) is 3.64. The van der Waals surface area contributed by atoms with E-state index in [0.717, 1.165) is 12.2 Å². The fourth-order valence-corrected chi connectivity index (χ4v) is 0.754. The van der Waals surface area contributed by atoms with Crippen LogP contribution in [0.4, 0.5) is 0 Å². The van der Waals surface area contributed by atoms with Gasteiger partial charge in [0.25, 0.3) is 0 Å². The number of hydrogen-bond donors (Lipinski definition) is 1. The zero-order valence-electron chi connectivity index (χ0n) is 6.94. The van der Waals surface area contributed by atoms with Crippen molar-refractivity contribution in [3.05, 3.63) is 23.7 Å². The quantitative estimate of drug-likeness (QED) is 0.497. The molecule has 0 aromatic carbocycles. The first-order chi connectivity index (χ1) is 6.13. The minimum Gasteiger partial charge on any atom is -0.502 e. The standard InChI is InChI=1S/C8H8O5/c1-2-12-7(10)4-5-3-6(9)8(11)13-5/h3-4,9H,2H2,1H3/b5-4+. The zero-order valence-corrected chi connectivity index (χ0v) is 6.94. The van der Waals surface area contributed by atoms with Crippen LogP contribution in [0.25, 0.3) is 0 Å². The number of rotatable bonds is 2. The molecule has 0 saturated carbocycles. The van der Waals surface area contributed by atoms with E-state index in [-0.39, 0.29) is 12.4 Å². The Balaban J connectivity index is 2.65. The van der Waals surface area contributed by atoms with Gasteiger partial charge >= 0.3 is 11.9 Å². The van der Waals surface area contributed by atoms with Crippen LogP contribution in [-0.2, 0) is 19.1 Å². The monoisotopic (exact) mass is 184 g/mol. The zero-order chi connectivity index (χ0) is 9.84. The Bertz CT molecular complexity index is 300. The first-order valence-corrected chi connectivity index (χ1v) is 3.64. The number of esters is 2. The van der Waals surface area contributed by atoms with Gasteiger partial charge < -0.3 is 14.6 Å². The van der Waals surface area contributed by atoms with Gasteiger partial charge in [0.2, 0.25) is 5.76 Å². The smallest absolute Gasteiger partial charge is 0.378 e. The van der Waals surface area contributed by atoms with Gasteiger partial charge in [-0.3, -0.25) is 0 Å². The van der Waals surface area contributed by atoms with Gasteiger partial charge in [-0.25, -0.2) is 9.59 Å². The molecule has 5 heteroatoms. The molecule has 0 aromatic heterocycles. The van der Waals surface area contributed by atoms with Crippen molar-refractivity contribution in [2.45, 2.75) is 6.92 Å². The van der Waals surface area contributed by atoms with Crippen LogP contribution in [0.5, 0.6) is 0 Å². The molecule has 1 aliphatic rings. The molecular formula is C8H8O5. The summed E-state index contributed by atoms with van der Waals surface area (Å²) in [6, 6.07) is 0. The highest BCUT2D eigenvalue weighted by Gasteiger charge is 2.20. The van der Waals surface area contributed by atoms with Gasteiger partial charge in [-0.15, -0.1) is 0 Å². The SMILES string of the molecule is CCOC(=O)/C=C1\C=C(O)C(=O)O1. The van der Waals surface area contributed by atoms with Crippen LogP contribution < -0.4 is 0 Å². The molecule has 0 aliphatic carbocycles. The summed E-state index contributed by atoms with van der Waals surface area (Å²) in [5.74, 6) is -2.01. The number of carbonyl (C=O) groups excluding carboxylic acids is 2. The molecule has 5 nitrogen and oxygen atoms in total. The average Bonchev–Trinajstić information content (AvgIpc) is 2.31. The predicted octanol–water partition coefficient (Wildman–Crippen LogP) is 0.432. The third-order valence-corrected chi connectivity index (χ3v) is 1.25. The highest BCUT2D eigenvalue weighted by molar-refractivity contribution is 5.92. The summed E-state index contributed by atoms with van der Waals surface area (Å²) in [5.41, 5.74) is 0. The number of ether oxygens (including phenoxy) is 2. The van der Waals surface area contributed by atoms with Crippen molar-refractivity contribution in [1.29, 1.82) is 0 Å². The Kier molecular flexibility index (Phi) is 2.69. The first kappa shape index (κ1) is 9.31. The van der Waals surface area contributed by atoms with Crippen LogP contribution in [0.3, 0.4) is 0 Å². The lowest BCUT2D eigenvalue weighted by Gasteiger charge is -1.96. The minimum absolute atomic E-state index is 0.0130. The second-order valence-corrected chi connectivity index (χ2v) is 2.22. The highest BCUT2D eigenvalue weighted by Crippen LogP contribution is 2.14. The number of allylic oxidation sites excluding steroid dienone is 1. The highest BCUT2D eigenvalue weighted by atomic mass is 16.6. The fourth-order valence-electron chi connectivity index (χ4n) is 0.754. The number of aliphatic hydroxyl groups is 1. The molecule has 0 amide bonds. The van der Waals surface area contributed by atoms with E-state index in [4.69, 9.17) is 5.11 Å². The van der Waals surface area contributed by atoms with Crippen molar-refractivity contribution in [2.24, 2.45) is 0 Å². The van der Waals surface area contributed by atoms with Crippen molar-refractivity contribution in [3.63, 3.8) is 0 Å². The lowest BCUT2D eigenvalue weighted by atomic mass is 10.4. The molecule has 0 radical (unpaired) electrons. The van der Waals surface area contributed by atoms with Crippen molar-refractivity contribution >= 4 is 11.9 Å². The Labute approximate surface area is 74.3 Å². The summed E-state index contributed by atoms with van der Waals surface area (Å²) < 4.78 is 9.03. The fraction of sp³-hybridized carbons (Fsp3) is 0.250. The third-order valence-electron chi connectivity index (χ3n) is 1.25. The normalized spacial score (nSPS) is 18.4. The molecule has 0 fully saturated rings. The molecule has 1 N–H and O–H groups in total. The van der Waals surface area contributed by atoms with E-state index in [1.165, 1.54) is 0 Å². The maximum Gasteiger partial charge on any atom is 0.378 e. The second-order valence-electron chi connectivity index (χ2n) is 2.22. The van der Waals surface area contributed by atoms with E-state index in [9.17, 15) is 9.59 Å². The lowest BCUT2D eigenvalue weighted by molar-refractivity contribution is -0.137. The summed E-state index contributed by atoms with van der Waals surface area (Å²) in [6.45, 7) is 1.90. The van der Waals surface area contributed by atoms with Gasteiger partial charge in [-0.2, -0.15) is 0 Å². The van der Waals surface area contributed by atoms with Crippen molar-refractivity contribution < 1.29 is 24.2 Å². The van der Waals surface area contributed by atoms with E-state index in [1.807, 2.05) is 0 Å². The molecular weight excluding hydrogens is 176 g/mol. The molecule has 1 aliphatic heterocycles. The Morgan fingerprint density at radius 2 is 2.46 bits per heavy atom. The van der Waals surface area contributed by atoms with Crippen molar-refractivity contribution in [3.8, 4) is 0 Å². The molecule has 0 atom stereocenters. The van der Waals surface area contributed by atoms with Crippen LogP contribution in [0, 0.1) is 0 Å². The van der Waals surface area contributed by atoms with Gasteiger partial charge in [0.05, 0.1) is 12.7 Å². The summed E-state index contributed by atoms with van der Waals surface area (Å²) in [6.07, 6.45) is 2.05.